The standard InChI is InChI=1S/C22H22N2O/c1-2-25-22-17-23(18-11-5-3-6-12-18)24(19-13-7-4-8-14-19)21-16-10-9-15-20(21)22/h3-16,22H,2,17H2,1H3. The summed E-state index contributed by atoms with van der Waals surface area (Å²) in [6, 6.07) is 29.5. The molecule has 3 heteroatoms. The number of hydrazine groups is 1. The van der Waals surface area contributed by atoms with Gasteiger partial charge in [0.05, 0.1) is 23.6 Å². The smallest absolute Gasteiger partial charge is 0.104 e. The molecule has 0 aromatic heterocycles. The Labute approximate surface area is 149 Å². The number of anilines is 3. The number of nitrogens with zero attached hydrogens (tertiary/aromatic N) is 2. The average Bonchev–Trinajstić information content (AvgIpc) is 2.69. The minimum atomic E-state index is 0.0568. The van der Waals surface area contributed by atoms with E-state index in [4.69, 9.17) is 4.74 Å². The van der Waals surface area contributed by atoms with Crippen molar-refractivity contribution in [1.29, 1.82) is 0 Å². The topological polar surface area (TPSA) is 15.7 Å². The second-order valence-corrected chi connectivity index (χ2v) is 6.07. The van der Waals surface area contributed by atoms with Gasteiger partial charge in [-0.3, -0.25) is 10.0 Å². The van der Waals surface area contributed by atoms with Gasteiger partial charge in [-0.15, -0.1) is 0 Å². The van der Waals surface area contributed by atoms with E-state index in [1.807, 2.05) is 6.07 Å². The van der Waals surface area contributed by atoms with E-state index >= 15 is 0 Å². The Kier molecular flexibility index (Phi) is 4.40. The number of para-hydroxylation sites is 3. The molecule has 0 N–H and O–H groups in total. The quantitative estimate of drug-likeness (QED) is 0.642. The zero-order valence-electron chi connectivity index (χ0n) is 14.4. The third-order valence-corrected chi connectivity index (χ3v) is 4.51. The van der Waals surface area contributed by atoms with E-state index in [9.17, 15) is 0 Å². The van der Waals surface area contributed by atoms with Crippen LogP contribution in [-0.4, -0.2) is 13.2 Å². The van der Waals surface area contributed by atoms with Crippen molar-refractivity contribution in [2.24, 2.45) is 0 Å². The van der Waals surface area contributed by atoms with Crippen LogP contribution in [0.1, 0.15) is 18.6 Å². The number of hydrogen-bond donors (Lipinski definition) is 0. The van der Waals surface area contributed by atoms with Gasteiger partial charge in [0.15, 0.2) is 0 Å². The van der Waals surface area contributed by atoms with Gasteiger partial charge in [-0.2, -0.15) is 0 Å². The van der Waals surface area contributed by atoms with Gasteiger partial charge < -0.3 is 4.74 Å². The molecule has 1 heterocycles. The van der Waals surface area contributed by atoms with Gasteiger partial charge >= 0.3 is 0 Å². The molecule has 126 valence electrons. The van der Waals surface area contributed by atoms with Crippen LogP contribution in [0.3, 0.4) is 0 Å². The molecule has 0 amide bonds. The first-order valence-electron chi connectivity index (χ1n) is 8.76. The van der Waals surface area contributed by atoms with E-state index < -0.39 is 0 Å². The van der Waals surface area contributed by atoms with E-state index in [-0.39, 0.29) is 6.10 Å². The van der Waals surface area contributed by atoms with Crippen molar-refractivity contribution in [2.45, 2.75) is 13.0 Å². The fraction of sp³-hybridized carbons (Fsp3) is 0.182. The normalized spacial score (nSPS) is 16.6. The molecule has 1 atom stereocenters. The van der Waals surface area contributed by atoms with Crippen LogP contribution in [0.25, 0.3) is 0 Å². The number of fused-ring (bicyclic) bond motifs is 1. The van der Waals surface area contributed by atoms with Crippen LogP contribution in [0.15, 0.2) is 84.9 Å². The maximum absolute atomic E-state index is 6.08. The van der Waals surface area contributed by atoms with Gasteiger partial charge in [-0.25, -0.2) is 0 Å². The summed E-state index contributed by atoms with van der Waals surface area (Å²) >= 11 is 0. The predicted octanol–water partition coefficient (Wildman–Crippen LogP) is 5.34. The summed E-state index contributed by atoms with van der Waals surface area (Å²) < 4.78 is 6.08. The number of rotatable bonds is 4. The molecule has 0 fully saturated rings. The van der Waals surface area contributed by atoms with E-state index in [0.29, 0.717) is 6.61 Å². The number of hydrogen-bond acceptors (Lipinski definition) is 3. The fourth-order valence-electron chi connectivity index (χ4n) is 3.43. The minimum Gasteiger partial charge on any atom is -0.372 e. The lowest BCUT2D eigenvalue weighted by Crippen LogP contribution is -2.46. The number of benzene rings is 3. The fourth-order valence-corrected chi connectivity index (χ4v) is 3.43. The Hall–Kier alpha value is -2.78. The molecule has 0 saturated carbocycles. The monoisotopic (exact) mass is 330 g/mol. The maximum Gasteiger partial charge on any atom is 0.104 e. The zero-order valence-corrected chi connectivity index (χ0v) is 14.4. The van der Waals surface area contributed by atoms with Gasteiger partial charge in [-0.1, -0.05) is 54.6 Å². The van der Waals surface area contributed by atoms with Crippen molar-refractivity contribution in [3.63, 3.8) is 0 Å². The van der Waals surface area contributed by atoms with Crippen molar-refractivity contribution in [3.8, 4) is 0 Å². The lowest BCUT2D eigenvalue weighted by Gasteiger charge is -2.45. The highest BCUT2D eigenvalue weighted by atomic mass is 16.5. The first-order chi connectivity index (χ1) is 12.4. The highest BCUT2D eigenvalue weighted by molar-refractivity contribution is 5.74. The Bertz CT molecular complexity index is 820. The Morgan fingerprint density at radius 3 is 2.08 bits per heavy atom. The molecule has 0 saturated heterocycles. The average molecular weight is 330 g/mol. The molecule has 25 heavy (non-hydrogen) atoms. The van der Waals surface area contributed by atoms with Crippen LogP contribution >= 0.6 is 0 Å². The Morgan fingerprint density at radius 2 is 1.40 bits per heavy atom. The summed E-state index contributed by atoms with van der Waals surface area (Å²) in [5.74, 6) is 0. The summed E-state index contributed by atoms with van der Waals surface area (Å²) in [4.78, 5) is 0. The van der Waals surface area contributed by atoms with Crippen LogP contribution in [-0.2, 0) is 4.74 Å². The van der Waals surface area contributed by atoms with Crippen LogP contribution in [0.2, 0.25) is 0 Å². The van der Waals surface area contributed by atoms with E-state index in [2.05, 4.69) is 95.8 Å². The van der Waals surface area contributed by atoms with Gasteiger partial charge in [-0.05, 0) is 37.3 Å². The summed E-state index contributed by atoms with van der Waals surface area (Å²) in [6.07, 6.45) is 0.0568. The summed E-state index contributed by atoms with van der Waals surface area (Å²) in [7, 11) is 0. The van der Waals surface area contributed by atoms with Crippen molar-refractivity contribution < 1.29 is 4.74 Å². The molecule has 0 aliphatic carbocycles. The first kappa shape index (κ1) is 15.7. The molecule has 1 aliphatic rings. The molecule has 1 aliphatic heterocycles. The van der Waals surface area contributed by atoms with Crippen LogP contribution in [0.5, 0.6) is 0 Å². The van der Waals surface area contributed by atoms with Gasteiger partial charge in [0, 0.05) is 12.2 Å². The van der Waals surface area contributed by atoms with Gasteiger partial charge in [0.2, 0.25) is 0 Å². The van der Waals surface area contributed by atoms with Crippen LogP contribution in [0.4, 0.5) is 17.1 Å². The molecule has 3 aromatic carbocycles. The Morgan fingerprint density at radius 1 is 0.800 bits per heavy atom. The molecular weight excluding hydrogens is 308 g/mol. The SMILES string of the molecule is CCOC1CN(c2ccccc2)N(c2ccccc2)c2ccccc21. The lowest BCUT2D eigenvalue weighted by atomic mass is 10.0. The van der Waals surface area contributed by atoms with E-state index in [0.717, 1.165) is 17.9 Å². The van der Waals surface area contributed by atoms with Crippen LogP contribution < -0.4 is 10.0 Å². The van der Waals surface area contributed by atoms with Gasteiger partial charge in [0.1, 0.15) is 6.10 Å². The largest absolute Gasteiger partial charge is 0.372 e. The van der Waals surface area contributed by atoms with E-state index in [1.165, 1.54) is 11.3 Å². The van der Waals surface area contributed by atoms with Crippen LogP contribution in [0, 0.1) is 0 Å². The highest BCUT2D eigenvalue weighted by Crippen LogP contribution is 2.41. The van der Waals surface area contributed by atoms with Crippen molar-refractivity contribution in [3.05, 3.63) is 90.5 Å². The van der Waals surface area contributed by atoms with E-state index in [1.54, 1.807) is 0 Å². The predicted molar refractivity (Wildman–Crippen MR) is 103 cm³/mol. The molecule has 0 spiro atoms. The van der Waals surface area contributed by atoms with Crippen molar-refractivity contribution >= 4 is 17.1 Å². The van der Waals surface area contributed by atoms with Crippen molar-refractivity contribution in [1.82, 2.24) is 0 Å². The second kappa shape index (κ2) is 6.99. The van der Waals surface area contributed by atoms with Crippen molar-refractivity contribution in [2.75, 3.05) is 23.2 Å². The summed E-state index contributed by atoms with van der Waals surface area (Å²) in [5, 5.41) is 4.60. The van der Waals surface area contributed by atoms with Gasteiger partial charge in [0.25, 0.3) is 0 Å². The summed E-state index contributed by atoms with van der Waals surface area (Å²) in [5.41, 5.74) is 4.71. The molecule has 1 unspecified atom stereocenters. The lowest BCUT2D eigenvalue weighted by molar-refractivity contribution is 0.0647. The molecule has 3 aromatic rings. The first-order valence-corrected chi connectivity index (χ1v) is 8.76. The molecular formula is C22H22N2O. The molecule has 0 bridgehead atoms. The third kappa shape index (κ3) is 2.99. The third-order valence-electron chi connectivity index (χ3n) is 4.51. The molecule has 0 radical (unpaired) electrons. The highest BCUT2D eigenvalue weighted by Gasteiger charge is 2.32. The minimum absolute atomic E-state index is 0.0568. The zero-order chi connectivity index (χ0) is 17.1. The second-order valence-electron chi connectivity index (χ2n) is 6.07. The number of ether oxygens (including phenoxy) is 1. The summed E-state index contributed by atoms with van der Waals surface area (Å²) in [6.45, 7) is 3.54. The Balaban J connectivity index is 1.87. The molecule has 3 nitrogen and oxygen atoms in total. The molecule has 4 rings (SSSR count). The maximum atomic E-state index is 6.08.